The van der Waals surface area contributed by atoms with Crippen molar-refractivity contribution in [2.75, 3.05) is 67.0 Å². The molecule has 47 heavy (non-hydrogen) atoms. The smallest absolute Gasteiger partial charge is 0.482 e. The van der Waals surface area contributed by atoms with E-state index in [1.54, 1.807) is 14.2 Å². The van der Waals surface area contributed by atoms with E-state index < -0.39 is 17.4 Å². The Morgan fingerprint density at radius 1 is 1.00 bits per heavy atom. The Morgan fingerprint density at radius 3 is 2.40 bits per heavy atom. The van der Waals surface area contributed by atoms with Gasteiger partial charge in [-0.05, 0) is 81.4 Å². The van der Waals surface area contributed by atoms with E-state index in [0.29, 0.717) is 44.0 Å². The van der Waals surface area contributed by atoms with Gasteiger partial charge in [0.15, 0.2) is 11.5 Å². The summed E-state index contributed by atoms with van der Waals surface area (Å²) in [6.45, 7) is 12.8. The molecule has 2 heterocycles. The third-order valence-electron chi connectivity index (χ3n) is 13.3. The minimum absolute atomic E-state index is 0.0720. The van der Waals surface area contributed by atoms with Crippen LogP contribution < -0.4 is 9.47 Å². The monoisotopic (exact) mass is 657 g/mol. The lowest BCUT2D eigenvalue weighted by Gasteiger charge is -2.75. The third kappa shape index (κ3) is 5.06. The van der Waals surface area contributed by atoms with Crippen molar-refractivity contribution in [3.63, 3.8) is 0 Å². The fourth-order valence-corrected chi connectivity index (χ4v) is 10.4. The Morgan fingerprint density at radius 2 is 1.72 bits per heavy atom. The van der Waals surface area contributed by atoms with Crippen molar-refractivity contribution >= 4 is 6.16 Å². The number of benzene rings is 1. The summed E-state index contributed by atoms with van der Waals surface area (Å²) in [6.07, 6.45) is 6.25. The van der Waals surface area contributed by atoms with Gasteiger partial charge in [-0.1, -0.05) is 26.8 Å². The summed E-state index contributed by atoms with van der Waals surface area (Å²) in [7, 11) is 3.44. The van der Waals surface area contributed by atoms with Crippen molar-refractivity contribution < 1.29 is 43.1 Å². The number of rotatable bonds is 14. The molecule has 4 saturated carbocycles. The van der Waals surface area contributed by atoms with Gasteiger partial charge in [-0.3, -0.25) is 4.90 Å². The van der Waals surface area contributed by atoms with E-state index in [0.717, 1.165) is 51.1 Å². The first-order chi connectivity index (χ1) is 22.4. The average molecular weight is 658 g/mol. The number of hydrogen-bond donors (Lipinski definition) is 1. The predicted molar refractivity (Wildman–Crippen MR) is 174 cm³/mol. The zero-order chi connectivity index (χ0) is 33.2. The lowest BCUT2D eigenvalue weighted by Crippen LogP contribution is -2.83. The highest BCUT2D eigenvalue weighted by Gasteiger charge is 2.82. The molecule has 7 aliphatic rings. The molecular formula is C37H55NO9. The second-order valence-corrected chi connectivity index (χ2v) is 16.2. The highest BCUT2D eigenvalue weighted by Crippen LogP contribution is 2.78. The molecular weight excluding hydrogens is 602 g/mol. The van der Waals surface area contributed by atoms with Crippen molar-refractivity contribution in [3.05, 3.63) is 23.3 Å². The topological polar surface area (TPSA) is 105 Å². The van der Waals surface area contributed by atoms with E-state index in [-0.39, 0.29) is 41.5 Å². The molecule has 4 bridgehead atoms. The predicted octanol–water partition coefficient (Wildman–Crippen LogP) is 4.90. The number of hydrogen-bond acceptors (Lipinski definition) is 10. The van der Waals surface area contributed by atoms with Gasteiger partial charge in [-0.15, -0.1) is 0 Å². The molecule has 0 amide bonds. The van der Waals surface area contributed by atoms with E-state index in [1.807, 2.05) is 13.0 Å². The molecule has 2 aliphatic heterocycles. The minimum atomic E-state index is -0.993. The maximum absolute atomic E-state index is 13.0. The number of nitrogens with zero attached hydrogens (tertiary/aromatic N) is 1. The van der Waals surface area contributed by atoms with Gasteiger partial charge in [0.25, 0.3) is 0 Å². The number of fused-ring (bicyclic) bond motifs is 2. The highest BCUT2D eigenvalue weighted by molar-refractivity contribution is 5.70. The first-order valence-corrected chi connectivity index (χ1v) is 17.8. The molecule has 0 radical (unpaired) electrons. The molecule has 1 unspecified atom stereocenters. The van der Waals surface area contributed by atoms with Crippen molar-refractivity contribution in [1.82, 2.24) is 4.90 Å². The molecule has 262 valence electrons. The first kappa shape index (κ1) is 33.5. The fourth-order valence-electron chi connectivity index (χ4n) is 10.4. The Bertz CT molecular complexity index is 1340. The summed E-state index contributed by atoms with van der Waals surface area (Å²) < 4.78 is 41.0. The Balaban J connectivity index is 1.18. The van der Waals surface area contributed by atoms with Crippen LogP contribution in [-0.2, 0) is 35.5 Å². The molecule has 1 saturated heterocycles. The highest BCUT2D eigenvalue weighted by atomic mass is 16.7. The number of carbonyl (C=O) groups excluding carboxylic acids is 1. The molecule has 5 aliphatic carbocycles. The third-order valence-corrected chi connectivity index (χ3v) is 13.3. The number of piperidine rings is 1. The molecule has 5 fully saturated rings. The molecule has 1 aromatic carbocycles. The van der Waals surface area contributed by atoms with Crippen molar-refractivity contribution in [1.29, 1.82) is 0 Å². The molecule has 2 spiro atoms. The molecule has 7 atom stereocenters. The second-order valence-electron chi connectivity index (χ2n) is 16.2. The van der Waals surface area contributed by atoms with Crippen LogP contribution in [0.1, 0.15) is 77.3 Å². The number of ether oxygens (including phenoxy) is 7. The first-order valence-electron chi connectivity index (χ1n) is 17.8. The van der Waals surface area contributed by atoms with E-state index in [9.17, 15) is 9.90 Å². The SMILES string of the molecule is COCCOCCOCCOC(=O)Oc1ccc2c3c1O[C@H]1C4(OC)CC[C@@]5(C[C@@H]4[C@](C)(O)C(C)(C)C)[C@@H](C2)N(CC2CC2)CC[C@]315. The van der Waals surface area contributed by atoms with Crippen LogP contribution in [0.5, 0.6) is 11.5 Å². The van der Waals surface area contributed by atoms with Gasteiger partial charge >= 0.3 is 6.16 Å². The van der Waals surface area contributed by atoms with Gasteiger partial charge < -0.3 is 38.3 Å². The summed E-state index contributed by atoms with van der Waals surface area (Å²) in [6, 6.07) is 4.39. The van der Waals surface area contributed by atoms with Crippen molar-refractivity contribution in [2.45, 2.75) is 101 Å². The van der Waals surface area contributed by atoms with Gasteiger partial charge in [0.2, 0.25) is 0 Å². The maximum Gasteiger partial charge on any atom is 0.514 e. The summed E-state index contributed by atoms with van der Waals surface area (Å²) in [5.74, 6) is 1.73. The maximum atomic E-state index is 13.0. The second kappa shape index (κ2) is 12.1. The Kier molecular flexibility index (Phi) is 8.65. The van der Waals surface area contributed by atoms with Crippen LogP contribution >= 0.6 is 0 Å². The number of carbonyl (C=O) groups is 1. The number of aliphatic hydroxyl groups is 1. The lowest BCUT2D eigenvalue weighted by atomic mass is 9.33. The van der Waals surface area contributed by atoms with E-state index in [2.05, 4.69) is 31.7 Å². The Labute approximate surface area is 279 Å². The van der Waals surface area contributed by atoms with Crippen LogP contribution in [0.3, 0.4) is 0 Å². The van der Waals surface area contributed by atoms with Crippen LogP contribution in [0.4, 0.5) is 4.79 Å². The summed E-state index contributed by atoms with van der Waals surface area (Å²) in [4.78, 5) is 15.8. The van der Waals surface area contributed by atoms with Crippen LogP contribution in [0.2, 0.25) is 0 Å². The molecule has 10 heteroatoms. The molecule has 10 nitrogen and oxygen atoms in total. The molecule has 1 aromatic rings. The van der Waals surface area contributed by atoms with Gasteiger partial charge in [0.1, 0.15) is 18.3 Å². The van der Waals surface area contributed by atoms with Gasteiger partial charge in [-0.2, -0.15) is 0 Å². The van der Waals surface area contributed by atoms with Crippen LogP contribution in [0.25, 0.3) is 0 Å². The van der Waals surface area contributed by atoms with Crippen LogP contribution in [-0.4, -0.2) is 106 Å². The van der Waals surface area contributed by atoms with Crippen LogP contribution in [0.15, 0.2) is 12.1 Å². The lowest BCUT2D eigenvalue weighted by molar-refractivity contribution is -0.312. The van der Waals surface area contributed by atoms with Gasteiger partial charge in [0.05, 0.1) is 38.6 Å². The normalized spacial score (nSPS) is 34.8. The zero-order valence-corrected chi connectivity index (χ0v) is 29.2. The molecule has 1 N–H and O–H groups in total. The summed E-state index contributed by atoms with van der Waals surface area (Å²) >= 11 is 0. The minimum Gasteiger partial charge on any atom is -0.482 e. The summed E-state index contributed by atoms with van der Waals surface area (Å²) in [5, 5.41) is 12.4. The van der Waals surface area contributed by atoms with E-state index in [4.69, 9.17) is 33.2 Å². The zero-order valence-electron chi connectivity index (χ0n) is 29.2. The number of likely N-dealkylation sites (tertiary alicyclic amines) is 1. The molecule has 0 aromatic heterocycles. The van der Waals surface area contributed by atoms with Gasteiger partial charge in [0, 0.05) is 49.1 Å². The standard InChI is InChI=1S/C37H55NO9/c1-33(2,3)34(4,40)27-22-35-11-12-37(27,42-6)31-36(35)13-14-38(23-24-7-8-24)28(35)21-25-9-10-26(30(47-31)29(25)36)46-32(39)45-20-19-44-18-17-43-16-15-41-5/h9-10,24,27-28,31,40H,7-8,11-23H2,1-6H3/t27-,28-,31-,34+,35-,36+,37?/m1/s1. The van der Waals surface area contributed by atoms with E-state index in [1.165, 1.54) is 24.0 Å². The van der Waals surface area contributed by atoms with Gasteiger partial charge in [-0.25, -0.2) is 4.79 Å². The van der Waals surface area contributed by atoms with E-state index >= 15 is 0 Å². The molecule has 8 rings (SSSR count). The average Bonchev–Trinajstić information content (AvgIpc) is 3.78. The largest absolute Gasteiger partial charge is 0.514 e. The Hall–Kier alpha value is -1.95. The van der Waals surface area contributed by atoms with Crippen molar-refractivity contribution in [3.8, 4) is 11.5 Å². The van der Waals surface area contributed by atoms with Crippen LogP contribution in [0, 0.1) is 22.7 Å². The summed E-state index contributed by atoms with van der Waals surface area (Å²) in [5.41, 5.74) is 0.109. The van der Waals surface area contributed by atoms with Crippen molar-refractivity contribution in [2.24, 2.45) is 22.7 Å². The number of methoxy groups -OCH3 is 2. The quantitative estimate of drug-likeness (QED) is 0.169. The fraction of sp³-hybridized carbons (Fsp3) is 0.811.